The lowest BCUT2D eigenvalue weighted by molar-refractivity contribution is 0.352. The first-order valence-corrected chi connectivity index (χ1v) is 6.78. The third-order valence-electron chi connectivity index (χ3n) is 3.17. The average Bonchev–Trinajstić information content (AvgIpc) is 2.88. The lowest BCUT2D eigenvalue weighted by atomic mass is 10.1. The second-order valence-electron chi connectivity index (χ2n) is 4.43. The van der Waals surface area contributed by atoms with Gasteiger partial charge in [0, 0.05) is 12.5 Å². The van der Waals surface area contributed by atoms with Crippen molar-refractivity contribution in [3.8, 4) is 10.7 Å². The van der Waals surface area contributed by atoms with E-state index in [4.69, 9.17) is 4.52 Å². The van der Waals surface area contributed by atoms with E-state index >= 15 is 0 Å². The zero-order valence-electron chi connectivity index (χ0n) is 9.72. The summed E-state index contributed by atoms with van der Waals surface area (Å²) in [5.74, 6) is 2.23. The summed E-state index contributed by atoms with van der Waals surface area (Å²) in [6, 6.07) is 4.48. The molecule has 0 saturated heterocycles. The molecule has 1 N–H and O–H groups in total. The molecule has 2 aromatic rings. The maximum atomic E-state index is 5.30. The molecule has 0 amide bonds. The first-order chi connectivity index (χ1) is 8.36. The number of aromatic nitrogens is 2. The van der Waals surface area contributed by atoms with Gasteiger partial charge in [-0.2, -0.15) is 4.98 Å². The molecular weight excluding hydrogens is 234 g/mol. The molecule has 1 atom stereocenters. The quantitative estimate of drug-likeness (QED) is 0.883. The molecule has 17 heavy (non-hydrogen) atoms. The van der Waals surface area contributed by atoms with Crippen LogP contribution in [0.25, 0.3) is 10.7 Å². The highest BCUT2D eigenvalue weighted by Crippen LogP contribution is 2.34. The Bertz CT molecular complexity index is 476. The maximum absolute atomic E-state index is 5.30. The first-order valence-electron chi connectivity index (χ1n) is 5.90. The van der Waals surface area contributed by atoms with Crippen LogP contribution in [-0.4, -0.2) is 23.2 Å². The van der Waals surface area contributed by atoms with Gasteiger partial charge in [0.15, 0.2) is 0 Å². The predicted molar refractivity (Wildman–Crippen MR) is 66.9 cm³/mol. The van der Waals surface area contributed by atoms with Gasteiger partial charge in [-0.1, -0.05) is 11.2 Å². The van der Waals surface area contributed by atoms with Crippen molar-refractivity contribution in [2.24, 2.45) is 5.92 Å². The van der Waals surface area contributed by atoms with Crippen molar-refractivity contribution >= 4 is 11.3 Å². The second-order valence-corrected chi connectivity index (χ2v) is 5.37. The molecule has 0 radical (unpaired) electrons. The van der Waals surface area contributed by atoms with Crippen molar-refractivity contribution in [2.75, 3.05) is 7.05 Å². The number of hydrogen-bond donors (Lipinski definition) is 1. The Hall–Kier alpha value is -1.20. The number of nitrogens with one attached hydrogen (secondary N) is 1. The number of hydrogen-bond acceptors (Lipinski definition) is 5. The molecule has 2 heterocycles. The molecule has 1 saturated carbocycles. The SMILES string of the molecule is CNC(Cc1nc(-c2cccs2)no1)C1CC1. The highest BCUT2D eigenvalue weighted by Gasteiger charge is 2.31. The lowest BCUT2D eigenvalue weighted by Gasteiger charge is -2.11. The van der Waals surface area contributed by atoms with Crippen LogP contribution in [0.5, 0.6) is 0 Å². The number of rotatable bonds is 5. The normalized spacial score (nSPS) is 17.2. The van der Waals surface area contributed by atoms with Gasteiger partial charge in [-0.3, -0.25) is 0 Å². The lowest BCUT2D eigenvalue weighted by Crippen LogP contribution is -2.29. The van der Waals surface area contributed by atoms with Crippen molar-refractivity contribution in [3.05, 3.63) is 23.4 Å². The molecule has 1 aliphatic carbocycles. The minimum atomic E-state index is 0.478. The number of thiophene rings is 1. The van der Waals surface area contributed by atoms with Crippen LogP contribution in [0.1, 0.15) is 18.7 Å². The average molecular weight is 249 g/mol. The Morgan fingerprint density at radius 3 is 3.12 bits per heavy atom. The number of nitrogens with zero attached hydrogens (tertiary/aromatic N) is 2. The van der Waals surface area contributed by atoms with Gasteiger partial charge >= 0.3 is 0 Å². The second kappa shape index (κ2) is 4.58. The predicted octanol–water partition coefficient (Wildman–Crippen LogP) is 2.34. The highest BCUT2D eigenvalue weighted by molar-refractivity contribution is 7.13. The molecule has 0 aliphatic heterocycles. The van der Waals surface area contributed by atoms with Gasteiger partial charge in [0.25, 0.3) is 0 Å². The molecule has 3 rings (SSSR count). The van der Waals surface area contributed by atoms with Crippen LogP contribution >= 0.6 is 11.3 Å². The smallest absolute Gasteiger partial charge is 0.228 e. The molecule has 90 valence electrons. The van der Waals surface area contributed by atoms with Gasteiger partial charge in [0.05, 0.1) is 4.88 Å². The van der Waals surface area contributed by atoms with Crippen molar-refractivity contribution in [2.45, 2.75) is 25.3 Å². The zero-order chi connectivity index (χ0) is 11.7. The summed E-state index contributed by atoms with van der Waals surface area (Å²) < 4.78 is 5.30. The van der Waals surface area contributed by atoms with Gasteiger partial charge in [-0.15, -0.1) is 11.3 Å². The first kappa shape index (κ1) is 10.9. The highest BCUT2D eigenvalue weighted by atomic mass is 32.1. The molecule has 4 nitrogen and oxygen atoms in total. The molecular formula is C12H15N3OS. The number of likely N-dealkylation sites (N-methyl/N-ethyl adjacent to an activating group) is 1. The van der Waals surface area contributed by atoms with E-state index < -0.39 is 0 Å². The van der Waals surface area contributed by atoms with Gasteiger partial charge in [0.1, 0.15) is 0 Å². The molecule has 2 aromatic heterocycles. The van der Waals surface area contributed by atoms with Gasteiger partial charge in [0.2, 0.25) is 11.7 Å². The molecule has 1 unspecified atom stereocenters. The topological polar surface area (TPSA) is 51.0 Å². The van der Waals surface area contributed by atoms with Crippen molar-refractivity contribution < 1.29 is 4.52 Å². The molecule has 0 aromatic carbocycles. The minimum absolute atomic E-state index is 0.478. The zero-order valence-corrected chi connectivity index (χ0v) is 10.5. The molecule has 1 aliphatic rings. The van der Waals surface area contributed by atoms with Crippen LogP contribution in [0.2, 0.25) is 0 Å². The third kappa shape index (κ3) is 2.40. The minimum Gasteiger partial charge on any atom is -0.339 e. The Balaban J connectivity index is 1.71. The third-order valence-corrected chi connectivity index (χ3v) is 4.03. The Morgan fingerprint density at radius 2 is 2.47 bits per heavy atom. The fraction of sp³-hybridized carbons (Fsp3) is 0.500. The van der Waals surface area contributed by atoms with E-state index in [-0.39, 0.29) is 0 Å². The van der Waals surface area contributed by atoms with Gasteiger partial charge in [-0.25, -0.2) is 0 Å². The van der Waals surface area contributed by atoms with Crippen LogP contribution in [0, 0.1) is 5.92 Å². The molecule has 0 spiro atoms. The summed E-state index contributed by atoms with van der Waals surface area (Å²) in [7, 11) is 2.00. The van der Waals surface area contributed by atoms with E-state index in [1.807, 2.05) is 24.6 Å². The molecule has 1 fully saturated rings. The summed E-state index contributed by atoms with van der Waals surface area (Å²) in [6.45, 7) is 0. The summed E-state index contributed by atoms with van der Waals surface area (Å²) >= 11 is 1.63. The van der Waals surface area contributed by atoms with Crippen molar-refractivity contribution in [1.82, 2.24) is 15.5 Å². The standard InChI is InChI=1S/C12H15N3OS/c1-13-9(8-4-5-8)7-11-14-12(15-16-11)10-3-2-6-17-10/h2-3,6,8-9,13H,4-5,7H2,1H3. The fourth-order valence-electron chi connectivity index (χ4n) is 2.03. The van der Waals surface area contributed by atoms with E-state index in [0.717, 1.165) is 23.1 Å². The molecule has 0 bridgehead atoms. The van der Waals surface area contributed by atoms with Crippen LogP contribution in [0.4, 0.5) is 0 Å². The van der Waals surface area contributed by atoms with Gasteiger partial charge < -0.3 is 9.84 Å². The Labute approximate surface area is 104 Å². The van der Waals surface area contributed by atoms with E-state index in [1.165, 1.54) is 12.8 Å². The monoisotopic (exact) mass is 249 g/mol. The van der Waals surface area contributed by atoms with E-state index in [2.05, 4.69) is 15.5 Å². The van der Waals surface area contributed by atoms with Crippen LogP contribution < -0.4 is 5.32 Å². The van der Waals surface area contributed by atoms with E-state index in [1.54, 1.807) is 11.3 Å². The molecule has 5 heteroatoms. The maximum Gasteiger partial charge on any atom is 0.228 e. The summed E-state index contributed by atoms with van der Waals surface area (Å²) in [5.41, 5.74) is 0. The summed E-state index contributed by atoms with van der Waals surface area (Å²) in [4.78, 5) is 5.51. The van der Waals surface area contributed by atoms with Crippen LogP contribution in [0.3, 0.4) is 0 Å². The van der Waals surface area contributed by atoms with Crippen LogP contribution in [0.15, 0.2) is 22.0 Å². The summed E-state index contributed by atoms with van der Waals surface area (Å²) in [6.07, 6.45) is 3.47. The fourth-order valence-corrected chi connectivity index (χ4v) is 2.68. The summed E-state index contributed by atoms with van der Waals surface area (Å²) in [5, 5.41) is 9.37. The van der Waals surface area contributed by atoms with Gasteiger partial charge in [-0.05, 0) is 37.3 Å². The van der Waals surface area contributed by atoms with E-state index in [0.29, 0.717) is 11.9 Å². The Morgan fingerprint density at radius 1 is 1.59 bits per heavy atom. The van der Waals surface area contributed by atoms with Crippen molar-refractivity contribution in [1.29, 1.82) is 0 Å². The Kier molecular flexibility index (Phi) is 2.94. The largest absolute Gasteiger partial charge is 0.339 e. The van der Waals surface area contributed by atoms with E-state index in [9.17, 15) is 0 Å². The van der Waals surface area contributed by atoms with Crippen molar-refractivity contribution in [3.63, 3.8) is 0 Å². The van der Waals surface area contributed by atoms with Crippen LogP contribution in [-0.2, 0) is 6.42 Å².